The Morgan fingerprint density at radius 1 is 0.619 bits per heavy atom. The van der Waals surface area contributed by atoms with Gasteiger partial charge in [-0.25, -0.2) is 0 Å². The molecule has 0 radical (unpaired) electrons. The van der Waals surface area contributed by atoms with E-state index >= 15 is 0 Å². The van der Waals surface area contributed by atoms with E-state index in [-0.39, 0.29) is 29.6 Å². The van der Waals surface area contributed by atoms with Gasteiger partial charge in [-0.3, -0.25) is 4.55 Å². The van der Waals surface area contributed by atoms with Crippen LogP contribution in [0.3, 0.4) is 0 Å². The van der Waals surface area contributed by atoms with Gasteiger partial charge >= 0.3 is 68.9 Å². The van der Waals surface area contributed by atoms with Gasteiger partial charge in [0.1, 0.15) is 0 Å². The van der Waals surface area contributed by atoms with Gasteiger partial charge in [-0.1, -0.05) is 0 Å². The van der Waals surface area contributed by atoms with E-state index in [1.54, 1.807) is 0 Å². The normalized spacial score (nSPS) is 15.6. The Hall–Kier alpha value is 0.140. The van der Waals surface area contributed by atoms with Crippen molar-refractivity contribution < 1.29 is 61.3 Å². The van der Waals surface area contributed by atoms with Crippen LogP contribution in [0.25, 0.3) is 0 Å². The van der Waals surface area contributed by atoms with Gasteiger partial charge in [0.05, 0.1) is 0 Å². The molecule has 0 amide bonds. The summed E-state index contributed by atoms with van der Waals surface area (Å²) < 4.78 is 161. The Kier molecular flexibility index (Phi) is 6.30. The van der Waals surface area contributed by atoms with Crippen LogP contribution in [0.5, 0.6) is 0 Å². The van der Waals surface area contributed by atoms with Crippen molar-refractivity contribution in [2.24, 2.45) is 0 Å². The molecule has 124 valence electrons. The molecule has 0 aliphatic heterocycles. The zero-order valence-electron chi connectivity index (χ0n) is 8.33. The second kappa shape index (κ2) is 5.65. The minimum atomic E-state index is -7.86. The fourth-order valence-corrected chi connectivity index (χ4v) is 1.17. The molecule has 0 saturated carbocycles. The van der Waals surface area contributed by atoms with Crippen LogP contribution in [0.15, 0.2) is 0 Å². The van der Waals surface area contributed by atoms with E-state index in [2.05, 4.69) is 0 Å². The van der Waals surface area contributed by atoms with Crippen molar-refractivity contribution in [2.75, 3.05) is 0 Å². The maximum absolute atomic E-state index is 12.5. The molecule has 0 fully saturated rings. The fraction of sp³-hybridized carbons (Fsp3) is 1.00. The molecular formula is C5H2F11NaO3S. The third kappa shape index (κ3) is 3.25. The van der Waals surface area contributed by atoms with Crippen LogP contribution in [0.2, 0.25) is 0 Å². The predicted molar refractivity (Wildman–Crippen MR) is 44.5 cm³/mol. The Bertz CT molecular complexity index is 481. The molecule has 0 unspecified atom stereocenters. The number of hydrogen-bond donors (Lipinski definition) is 1. The minimum absolute atomic E-state index is 0. The Labute approximate surface area is 130 Å². The SMILES string of the molecule is O=S(=O)(O)C(F)(F)C(F)(F)C(F)(F)C(F)(F)C(F)(F)F.[NaH]. The van der Waals surface area contributed by atoms with Gasteiger partial charge in [0, 0.05) is 0 Å². The first-order valence-electron chi connectivity index (χ1n) is 3.80. The number of alkyl halides is 11. The van der Waals surface area contributed by atoms with E-state index in [4.69, 9.17) is 4.55 Å². The molecular weight excluding hydrogens is 372 g/mol. The standard InChI is InChI=1S/C5HF11O3S.Na.H/c6-1(7,2(8,9)4(12,13)14)3(10,11)5(15,16)20(17,18)19;;/h(H,17,18,19);;. The molecule has 0 spiro atoms. The molecule has 0 bridgehead atoms. The summed E-state index contributed by atoms with van der Waals surface area (Å²) in [6, 6.07) is 0. The zero-order chi connectivity index (χ0) is 17.0. The summed E-state index contributed by atoms with van der Waals surface area (Å²) in [5, 5.41) is -7.29. The van der Waals surface area contributed by atoms with Gasteiger partial charge < -0.3 is 0 Å². The van der Waals surface area contributed by atoms with Gasteiger partial charge in [0.15, 0.2) is 0 Å². The van der Waals surface area contributed by atoms with Crippen LogP contribution in [0.1, 0.15) is 0 Å². The molecule has 21 heavy (non-hydrogen) atoms. The molecule has 0 aromatic carbocycles. The molecule has 0 aliphatic carbocycles. The summed E-state index contributed by atoms with van der Waals surface area (Å²) in [4.78, 5) is 0. The molecule has 0 aromatic heterocycles. The summed E-state index contributed by atoms with van der Waals surface area (Å²) in [6.45, 7) is 0. The van der Waals surface area contributed by atoms with Crippen LogP contribution < -0.4 is 0 Å². The van der Waals surface area contributed by atoms with Crippen molar-refractivity contribution >= 4 is 39.7 Å². The Morgan fingerprint density at radius 2 is 0.905 bits per heavy atom. The van der Waals surface area contributed by atoms with Crippen molar-refractivity contribution in [1.82, 2.24) is 0 Å². The van der Waals surface area contributed by atoms with Crippen LogP contribution >= 0.6 is 0 Å². The van der Waals surface area contributed by atoms with Crippen molar-refractivity contribution in [3.05, 3.63) is 0 Å². The maximum atomic E-state index is 12.5. The van der Waals surface area contributed by atoms with Gasteiger partial charge in [0.2, 0.25) is 0 Å². The molecule has 0 saturated heterocycles. The molecule has 1 N–H and O–H groups in total. The van der Waals surface area contributed by atoms with Gasteiger partial charge in [0.25, 0.3) is 0 Å². The molecule has 0 aromatic rings. The first-order chi connectivity index (χ1) is 8.25. The van der Waals surface area contributed by atoms with Crippen molar-refractivity contribution in [1.29, 1.82) is 0 Å². The van der Waals surface area contributed by atoms with Gasteiger partial charge in [-0.2, -0.15) is 56.7 Å². The van der Waals surface area contributed by atoms with Crippen LogP contribution in [0.4, 0.5) is 48.3 Å². The Balaban J connectivity index is 0. The first kappa shape index (κ1) is 23.4. The van der Waals surface area contributed by atoms with Crippen LogP contribution in [0, 0.1) is 0 Å². The van der Waals surface area contributed by atoms with Crippen molar-refractivity contribution in [2.45, 2.75) is 29.2 Å². The predicted octanol–water partition coefficient (Wildman–Crippen LogP) is 2.29. The van der Waals surface area contributed by atoms with E-state index in [1.165, 1.54) is 0 Å². The van der Waals surface area contributed by atoms with Crippen LogP contribution in [-0.2, 0) is 10.1 Å². The second-order valence-electron chi connectivity index (χ2n) is 3.21. The summed E-state index contributed by atoms with van der Waals surface area (Å²) in [5.74, 6) is -23.3. The van der Waals surface area contributed by atoms with Gasteiger partial charge in [-0.15, -0.1) is 0 Å². The van der Waals surface area contributed by atoms with Crippen LogP contribution in [-0.4, -0.2) is 71.7 Å². The van der Waals surface area contributed by atoms with E-state index in [0.29, 0.717) is 0 Å². The molecule has 0 atom stereocenters. The van der Waals surface area contributed by atoms with E-state index in [1.807, 2.05) is 0 Å². The summed E-state index contributed by atoms with van der Waals surface area (Å²) in [7, 11) is -7.41. The van der Waals surface area contributed by atoms with E-state index < -0.39 is 39.3 Å². The second-order valence-corrected chi connectivity index (χ2v) is 4.68. The van der Waals surface area contributed by atoms with E-state index in [9.17, 15) is 56.7 Å². The third-order valence-electron chi connectivity index (χ3n) is 1.83. The monoisotopic (exact) mass is 374 g/mol. The molecule has 0 heterocycles. The third-order valence-corrected chi connectivity index (χ3v) is 2.74. The van der Waals surface area contributed by atoms with E-state index in [0.717, 1.165) is 0 Å². The quantitative estimate of drug-likeness (QED) is 0.467. The fourth-order valence-electron chi connectivity index (χ4n) is 0.720. The average molecular weight is 374 g/mol. The summed E-state index contributed by atoms with van der Waals surface area (Å²) >= 11 is 0. The van der Waals surface area contributed by atoms with Crippen molar-refractivity contribution in [3.63, 3.8) is 0 Å². The van der Waals surface area contributed by atoms with Crippen molar-refractivity contribution in [3.8, 4) is 0 Å². The van der Waals surface area contributed by atoms with Gasteiger partial charge in [-0.05, 0) is 0 Å². The topological polar surface area (TPSA) is 54.4 Å². The zero-order valence-corrected chi connectivity index (χ0v) is 9.15. The summed E-state index contributed by atoms with van der Waals surface area (Å²) in [5.41, 5.74) is 0. The number of halogens is 11. The molecule has 0 aliphatic rings. The number of hydrogen-bond acceptors (Lipinski definition) is 2. The Morgan fingerprint density at radius 3 is 1.10 bits per heavy atom. The molecule has 16 heteroatoms. The first-order valence-corrected chi connectivity index (χ1v) is 5.24. The summed E-state index contributed by atoms with van der Waals surface area (Å²) in [6.07, 6.45) is -7.39. The average Bonchev–Trinajstić information content (AvgIpc) is 2.12. The molecule has 3 nitrogen and oxygen atoms in total. The molecule has 0 rings (SSSR count). The number of rotatable bonds is 4.